The second kappa shape index (κ2) is 13.4. The van der Waals surface area contributed by atoms with Crippen LogP contribution in [0, 0.1) is 0 Å². The van der Waals surface area contributed by atoms with Gasteiger partial charge in [0.05, 0.1) is 18.8 Å². The van der Waals surface area contributed by atoms with Crippen LogP contribution in [0.1, 0.15) is 29.8 Å². The Hall–Kier alpha value is -2.33. The molecule has 0 aliphatic carbocycles. The zero-order valence-electron chi connectivity index (χ0n) is 19.9. The molecule has 2 atom stereocenters. The first kappa shape index (κ1) is 26.9. The van der Waals surface area contributed by atoms with Crippen LogP contribution in [0.3, 0.4) is 0 Å². The predicted octanol–water partition coefficient (Wildman–Crippen LogP) is 3.64. The van der Waals surface area contributed by atoms with E-state index in [2.05, 4.69) is 10.3 Å². The van der Waals surface area contributed by atoms with E-state index in [-0.39, 0.29) is 42.1 Å². The van der Waals surface area contributed by atoms with Crippen molar-refractivity contribution >= 4 is 35.8 Å². The summed E-state index contributed by atoms with van der Waals surface area (Å²) >= 11 is 0. The van der Waals surface area contributed by atoms with Gasteiger partial charge in [-0.3, -0.25) is 9.79 Å². The first-order chi connectivity index (χ1) is 15.5. The number of likely N-dealkylation sites (N-methyl/N-ethyl adjacent to an activating group) is 1. The van der Waals surface area contributed by atoms with E-state index in [4.69, 9.17) is 9.47 Å². The van der Waals surface area contributed by atoms with E-state index >= 15 is 0 Å². The van der Waals surface area contributed by atoms with Gasteiger partial charge in [-0.15, -0.1) is 24.0 Å². The molecular weight excluding hydrogens is 531 g/mol. The Balaban J connectivity index is 0.00000385. The van der Waals surface area contributed by atoms with E-state index in [1.807, 2.05) is 85.3 Å². The Morgan fingerprint density at radius 2 is 1.76 bits per heavy atom. The fraction of sp³-hybridized carbons (Fsp3) is 0.440. The summed E-state index contributed by atoms with van der Waals surface area (Å²) in [5.74, 6) is 1.71. The summed E-state index contributed by atoms with van der Waals surface area (Å²) in [5.41, 5.74) is 1.79. The summed E-state index contributed by atoms with van der Waals surface area (Å²) in [6, 6.07) is 17.5. The van der Waals surface area contributed by atoms with Crippen molar-refractivity contribution in [1.29, 1.82) is 0 Å². The quantitative estimate of drug-likeness (QED) is 0.315. The fourth-order valence-electron chi connectivity index (χ4n) is 3.78. The van der Waals surface area contributed by atoms with Gasteiger partial charge in [-0.05, 0) is 43.7 Å². The molecule has 2 aromatic carbocycles. The van der Waals surface area contributed by atoms with E-state index in [1.165, 1.54) is 0 Å². The highest BCUT2D eigenvalue weighted by atomic mass is 127. The smallest absolute Gasteiger partial charge is 0.254 e. The van der Waals surface area contributed by atoms with Gasteiger partial charge in [0.25, 0.3) is 5.91 Å². The molecule has 0 saturated carbocycles. The largest absolute Gasteiger partial charge is 0.492 e. The number of carbonyl (C=O) groups is 1. The Morgan fingerprint density at radius 3 is 2.36 bits per heavy atom. The number of morpholine rings is 1. The molecule has 2 aromatic rings. The summed E-state index contributed by atoms with van der Waals surface area (Å²) in [4.78, 5) is 21.1. The van der Waals surface area contributed by atoms with Gasteiger partial charge in [-0.1, -0.05) is 30.3 Å². The molecule has 33 heavy (non-hydrogen) atoms. The lowest BCUT2D eigenvalue weighted by molar-refractivity contribution is -0.0586. The molecule has 8 heteroatoms. The maximum Gasteiger partial charge on any atom is 0.254 e. The normalized spacial score (nSPS) is 18.3. The highest BCUT2D eigenvalue weighted by molar-refractivity contribution is 14.0. The zero-order chi connectivity index (χ0) is 22.9. The third-order valence-corrected chi connectivity index (χ3v) is 5.37. The molecule has 3 rings (SSSR count). The lowest BCUT2D eigenvalue weighted by atomic mass is 10.1. The minimum atomic E-state index is 0. The van der Waals surface area contributed by atoms with Gasteiger partial charge >= 0.3 is 0 Å². The second-order valence-electron chi connectivity index (χ2n) is 8.15. The number of carbonyl (C=O) groups excluding carboxylic acids is 1. The number of guanidine groups is 1. The number of hydrogen-bond donors (Lipinski definition) is 1. The molecule has 1 amide bonds. The number of nitrogens with one attached hydrogen (secondary N) is 1. The van der Waals surface area contributed by atoms with Gasteiger partial charge in [0.2, 0.25) is 0 Å². The standard InChI is InChI=1S/C25H34N4O3.HI/c1-19-17-29(18-20(2)32-19)24(30)22-12-10-21(11-13-22)16-27-25(26-3)28(4)14-15-31-23-8-6-5-7-9-23;/h5-13,19-20H,14-18H2,1-4H3,(H,26,27);1H. The van der Waals surface area contributed by atoms with Crippen molar-refractivity contribution in [2.24, 2.45) is 4.99 Å². The van der Waals surface area contributed by atoms with Crippen LogP contribution in [0.4, 0.5) is 0 Å². The molecule has 1 saturated heterocycles. The highest BCUT2D eigenvalue weighted by Crippen LogP contribution is 2.15. The van der Waals surface area contributed by atoms with Gasteiger partial charge in [0.1, 0.15) is 12.4 Å². The van der Waals surface area contributed by atoms with Crippen LogP contribution in [-0.2, 0) is 11.3 Å². The van der Waals surface area contributed by atoms with E-state index < -0.39 is 0 Å². The summed E-state index contributed by atoms with van der Waals surface area (Å²) < 4.78 is 11.5. The summed E-state index contributed by atoms with van der Waals surface area (Å²) in [5, 5.41) is 3.37. The van der Waals surface area contributed by atoms with Crippen LogP contribution in [0.5, 0.6) is 5.75 Å². The molecule has 2 unspecified atom stereocenters. The van der Waals surface area contributed by atoms with Crippen molar-refractivity contribution in [3.05, 3.63) is 65.7 Å². The van der Waals surface area contributed by atoms with E-state index in [0.29, 0.717) is 38.3 Å². The lowest BCUT2D eigenvalue weighted by Crippen LogP contribution is -2.48. The average molecular weight is 566 g/mol. The third-order valence-electron chi connectivity index (χ3n) is 5.37. The number of benzene rings is 2. The molecule has 0 bridgehead atoms. The van der Waals surface area contributed by atoms with E-state index in [1.54, 1.807) is 7.05 Å². The molecule has 0 aromatic heterocycles. The van der Waals surface area contributed by atoms with Crippen LogP contribution >= 0.6 is 24.0 Å². The molecule has 1 heterocycles. The predicted molar refractivity (Wildman–Crippen MR) is 143 cm³/mol. The molecule has 0 spiro atoms. The molecule has 1 N–H and O–H groups in total. The van der Waals surface area contributed by atoms with Gasteiger partial charge in [0, 0.05) is 39.3 Å². The third kappa shape index (κ3) is 8.19. The summed E-state index contributed by atoms with van der Waals surface area (Å²) in [6.45, 7) is 7.16. The topological polar surface area (TPSA) is 66.4 Å². The Morgan fingerprint density at radius 1 is 1.12 bits per heavy atom. The van der Waals surface area contributed by atoms with Crippen molar-refractivity contribution in [2.45, 2.75) is 32.6 Å². The first-order valence-corrected chi connectivity index (χ1v) is 11.1. The number of hydrogen-bond acceptors (Lipinski definition) is 4. The minimum absolute atomic E-state index is 0. The van der Waals surface area contributed by atoms with Gasteiger partial charge in [-0.25, -0.2) is 0 Å². The van der Waals surface area contributed by atoms with Gasteiger partial charge in [0.15, 0.2) is 5.96 Å². The molecule has 1 aliphatic rings. The van der Waals surface area contributed by atoms with Crippen LogP contribution in [0.25, 0.3) is 0 Å². The van der Waals surface area contributed by atoms with Crippen LogP contribution in [0.15, 0.2) is 59.6 Å². The fourth-order valence-corrected chi connectivity index (χ4v) is 3.78. The Labute approximate surface area is 214 Å². The van der Waals surface area contributed by atoms with E-state index in [9.17, 15) is 4.79 Å². The number of amides is 1. The second-order valence-corrected chi connectivity index (χ2v) is 8.15. The minimum Gasteiger partial charge on any atom is -0.492 e. The van der Waals surface area contributed by atoms with Crippen molar-refractivity contribution in [3.63, 3.8) is 0 Å². The Kier molecular flexibility index (Phi) is 10.9. The number of aliphatic imine (C=N–C) groups is 1. The molecule has 180 valence electrons. The zero-order valence-corrected chi connectivity index (χ0v) is 22.2. The molecule has 7 nitrogen and oxygen atoms in total. The van der Waals surface area contributed by atoms with Crippen LogP contribution in [-0.4, -0.2) is 74.2 Å². The molecule has 1 fully saturated rings. The number of rotatable bonds is 7. The summed E-state index contributed by atoms with van der Waals surface area (Å²) in [7, 11) is 3.75. The number of ether oxygens (including phenoxy) is 2. The van der Waals surface area contributed by atoms with Crippen LogP contribution in [0.2, 0.25) is 0 Å². The van der Waals surface area contributed by atoms with Crippen molar-refractivity contribution < 1.29 is 14.3 Å². The number of para-hydroxylation sites is 1. The molecular formula is C25H35IN4O3. The average Bonchev–Trinajstić information content (AvgIpc) is 2.79. The van der Waals surface area contributed by atoms with Crippen molar-refractivity contribution in [1.82, 2.24) is 15.1 Å². The highest BCUT2D eigenvalue weighted by Gasteiger charge is 2.26. The lowest BCUT2D eigenvalue weighted by Gasteiger charge is -2.35. The van der Waals surface area contributed by atoms with Crippen molar-refractivity contribution in [2.75, 3.05) is 40.3 Å². The molecule has 0 radical (unpaired) electrons. The Bertz CT molecular complexity index is 882. The maximum absolute atomic E-state index is 12.8. The van der Waals surface area contributed by atoms with Crippen LogP contribution < -0.4 is 10.1 Å². The van der Waals surface area contributed by atoms with Crippen molar-refractivity contribution in [3.8, 4) is 5.75 Å². The monoisotopic (exact) mass is 566 g/mol. The van der Waals surface area contributed by atoms with Gasteiger partial charge in [-0.2, -0.15) is 0 Å². The maximum atomic E-state index is 12.8. The summed E-state index contributed by atoms with van der Waals surface area (Å²) in [6.07, 6.45) is 0.126. The first-order valence-electron chi connectivity index (χ1n) is 11.1. The molecule has 1 aliphatic heterocycles. The number of nitrogens with zero attached hydrogens (tertiary/aromatic N) is 3. The van der Waals surface area contributed by atoms with Gasteiger partial charge < -0.3 is 24.6 Å². The number of halogens is 1. The SMILES string of the molecule is CN=C(NCc1ccc(C(=O)N2CC(C)OC(C)C2)cc1)N(C)CCOc1ccccc1.I. The van der Waals surface area contributed by atoms with E-state index in [0.717, 1.165) is 17.3 Å².